The zero-order chi connectivity index (χ0) is 22.9. The summed E-state index contributed by atoms with van der Waals surface area (Å²) in [6.45, 7) is 3.97. The van der Waals surface area contributed by atoms with Crippen LogP contribution in [0.1, 0.15) is 30.4 Å². The summed E-state index contributed by atoms with van der Waals surface area (Å²) in [5.74, 6) is 0.725. The van der Waals surface area contributed by atoms with Crippen molar-refractivity contribution in [1.82, 2.24) is 4.31 Å². The molecule has 2 N–H and O–H groups in total. The number of primary amides is 1. The van der Waals surface area contributed by atoms with E-state index in [9.17, 15) is 13.2 Å². The maximum atomic E-state index is 13.6. The van der Waals surface area contributed by atoms with Crippen LogP contribution in [0.4, 0.5) is 0 Å². The van der Waals surface area contributed by atoms with E-state index in [-0.39, 0.29) is 25.9 Å². The lowest BCUT2D eigenvalue weighted by Gasteiger charge is -2.27. The molecule has 0 spiro atoms. The molecule has 0 heterocycles. The average molecular weight is 447 g/mol. The molecule has 31 heavy (non-hydrogen) atoms. The Kier molecular flexibility index (Phi) is 9.08. The molecule has 0 saturated heterocycles. The minimum atomic E-state index is -3.84. The fourth-order valence-corrected chi connectivity index (χ4v) is 5.09. The van der Waals surface area contributed by atoms with Crippen molar-refractivity contribution in [2.75, 3.05) is 14.2 Å². The Morgan fingerprint density at radius 3 is 1.81 bits per heavy atom. The molecule has 0 aliphatic carbocycles. The number of hydrogen-bond donors (Lipinski definition) is 1. The van der Waals surface area contributed by atoms with Crippen molar-refractivity contribution in [2.24, 2.45) is 5.73 Å². The van der Waals surface area contributed by atoms with E-state index in [4.69, 9.17) is 15.2 Å². The number of rotatable bonds is 13. The van der Waals surface area contributed by atoms with Gasteiger partial charge >= 0.3 is 0 Å². The topological polar surface area (TPSA) is 98.9 Å². The average Bonchev–Trinajstić information content (AvgIpc) is 2.76. The van der Waals surface area contributed by atoms with Crippen LogP contribution in [0, 0.1) is 0 Å². The Bertz CT molecular complexity index is 907. The van der Waals surface area contributed by atoms with Crippen LogP contribution in [-0.4, -0.2) is 38.1 Å². The second-order valence-electron chi connectivity index (χ2n) is 7.17. The number of allylic oxidation sites excluding steroid dienone is 1. The molecular formula is C23H30N2O5S. The largest absolute Gasteiger partial charge is 0.497 e. The Labute approximate surface area is 184 Å². The van der Waals surface area contributed by atoms with E-state index in [0.717, 1.165) is 11.1 Å². The van der Waals surface area contributed by atoms with Gasteiger partial charge in [0.15, 0.2) is 0 Å². The highest BCUT2D eigenvalue weighted by molar-refractivity contribution is 7.89. The summed E-state index contributed by atoms with van der Waals surface area (Å²) in [6.07, 6.45) is 2.14. The van der Waals surface area contributed by atoms with Gasteiger partial charge in [-0.1, -0.05) is 30.3 Å². The van der Waals surface area contributed by atoms with Crippen LogP contribution in [-0.2, 0) is 27.9 Å². The predicted molar refractivity (Wildman–Crippen MR) is 121 cm³/mol. The minimum absolute atomic E-state index is 0.154. The summed E-state index contributed by atoms with van der Waals surface area (Å²) in [5, 5.41) is -0.917. The zero-order valence-electron chi connectivity index (χ0n) is 18.0. The Morgan fingerprint density at radius 1 is 1.00 bits per heavy atom. The number of hydrogen-bond acceptors (Lipinski definition) is 5. The first-order valence-electron chi connectivity index (χ1n) is 9.94. The van der Waals surface area contributed by atoms with E-state index < -0.39 is 21.2 Å². The fourth-order valence-electron chi connectivity index (χ4n) is 3.20. The van der Waals surface area contributed by atoms with Gasteiger partial charge in [0.05, 0.1) is 19.5 Å². The molecule has 0 saturated carbocycles. The number of nitrogens with zero attached hydrogens (tertiary/aromatic N) is 1. The van der Waals surface area contributed by atoms with Crippen molar-refractivity contribution >= 4 is 15.9 Å². The van der Waals surface area contributed by atoms with Gasteiger partial charge in [-0.05, 0) is 48.2 Å². The summed E-state index contributed by atoms with van der Waals surface area (Å²) >= 11 is 0. The second-order valence-corrected chi connectivity index (χ2v) is 9.38. The van der Waals surface area contributed by atoms with Crippen LogP contribution in [0.5, 0.6) is 11.5 Å². The first-order chi connectivity index (χ1) is 14.8. The van der Waals surface area contributed by atoms with Gasteiger partial charge in [0, 0.05) is 19.5 Å². The molecule has 0 radical (unpaired) electrons. The summed E-state index contributed by atoms with van der Waals surface area (Å²) < 4.78 is 38.9. The quantitative estimate of drug-likeness (QED) is 0.476. The van der Waals surface area contributed by atoms with Gasteiger partial charge in [-0.3, -0.25) is 4.79 Å². The van der Waals surface area contributed by atoms with Crippen LogP contribution in [0.25, 0.3) is 0 Å². The Morgan fingerprint density at radius 2 is 1.45 bits per heavy atom. The summed E-state index contributed by atoms with van der Waals surface area (Å²) in [4.78, 5) is 11.6. The van der Waals surface area contributed by atoms with Gasteiger partial charge in [-0.2, -0.15) is 4.31 Å². The highest BCUT2D eigenvalue weighted by Gasteiger charge is 2.33. The monoisotopic (exact) mass is 446 g/mol. The SMILES string of the molecule is C=CCC[C@H](CC(N)=O)S(=O)(=O)N(Cc1ccc(OC)cc1)Cc1ccc(OC)cc1. The van der Waals surface area contributed by atoms with Crippen molar-refractivity contribution in [3.63, 3.8) is 0 Å². The molecule has 2 aromatic carbocycles. The van der Waals surface area contributed by atoms with Gasteiger partial charge in [0.25, 0.3) is 0 Å². The van der Waals surface area contributed by atoms with E-state index >= 15 is 0 Å². The predicted octanol–water partition coefficient (Wildman–Crippen LogP) is 3.25. The molecule has 168 valence electrons. The third-order valence-electron chi connectivity index (χ3n) is 4.94. The third kappa shape index (κ3) is 7.11. The molecule has 1 atom stereocenters. The number of sulfonamides is 1. The number of methoxy groups -OCH3 is 2. The number of amides is 1. The van der Waals surface area contributed by atoms with Gasteiger partial charge in [0.1, 0.15) is 11.5 Å². The molecule has 0 fully saturated rings. The molecule has 0 aromatic heterocycles. The molecule has 0 aliphatic heterocycles. The van der Waals surface area contributed by atoms with E-state index in [1.165, 1.54) is 4.31 Å². The lowest BCUT2D eigenvalue weighted by atomic mass is 10.2. The standard InChI is InChI=1S/C23H30N2O5S/c1-4-5-6-22(15-23(24)26)31(27,28)25(16-18-7-11-20(29-2)12-8-18)17-19-9-13-21(30-3)14-10-19/h4,7-14,22H,1,5-6,15-17H2,2-3H3,(H2,24,26)/t22-/m1/s1. The molecule has 2 aromatic rings. The number of benzene rings is 2. The van der Waals surface area contributed by atoms with Crippen molar-refractivity contribution in [2.45, 2.75) is 37.6 Å². The first-order valence-corrected chi connectivity index (χ1v) is 11.4. The number of ether oxygens (including phenoxy) is 2. The summed E-state index contributed by atoms with van der Waals surface area (Å²) in [6, 6.07) is 14.4. The molecule has 0 bridgehead atoms. The highest BCUT2D eigenvalue weighted by atomic mass is 32.2. The van der Waals surface area contributed by atoms with Gasteiger partial charge in [0.2, 0.25) is 15.9 Å². The summed E-state index contributed by atoms with van der Waals surface area (Å²) in [7, 11) is -0.690. The van der Waals surface area contributed by atoms with E-state index in [1.807, 2.05) is 24.3 Å². The lowest BCUT2D eigenvalue weighted by Crippen LogP contribution is -2.40. The van der Waals surface area contributed by atoms with Crippen LogP contribution in [0.3, 0.4) is 0 Å². The Balaban J connectivity index is 2.38. The fraction of sp³-hybridized carbons (Fsp3) is 0.348. The van der Waals surface area contributed by atoms with Crippen molar-refractivity contribution in [1.29, 1.82) is 0 Å². The van der Waals surface area contributed by atoms with Crippen LogP contribution < -0.4 is 15.2 Å². The first kappa shape index (κ1) is 24.4. The van der Waals surface area contributed by atoms with Crippen molar-refractivity contribution in [3.05, 3.63) is 72.3 Å². The van der Waals surface area contributed by atoms with Crippen molar-refractivity contribution in [3.8, 4) is 11.5 Å². The minimum Gasteiger partial charge on any atom is -0.497 e. The van der Waals surface area contributed by atoms with Gasteiger partial charge in [-0.25, -0.2) is 8.42 Å². The van der Waals surface area contributed by atoms with Crippen LogP contribution >= 0.6 is 0 Å². The molecule has 8 heteroatoms. The molecular weight excluding hydrogens is 416 g/mol. The number of carbonyl (C=O) groups is 1. The maximum absolute atomic E-state index is 13.6. The maximum Gasteiger partial charge on any atom is 0.218 e. The molecule has 1 amide bonds. The normalized spacial score (nSPS) is 12.4. The second kappa shape index (κ2) is 11.5. The molecule has 0 unspecified atom stereocenters. The van der Waals surface area contributed by atoms with E-state index in [1.54, 1.807) is 44.6 Å². The number of nitrogens with two attached hydrogens (primary N) is 1. The van der Waals surface area contributed by atoms with E-state index in [2.05, 4.69) is 6.58 Å². The Hall–Kier alpha value is -2.84. The van der Waals surface area contributed by atoms with E-state index in [0.29, 0.717) is 17.9 Å². The summed E-state index contributed by atoms with van der Waals surface area (Å²) in [5.41, 5.74) is 6.97. The molecule has 7 nitrogen and oxygen atoms in total. The van der Waals surface area contributed by atoms with Crippen LogP contribution in [0.2, 0.25) is 0 Å². The van der Waals surface area contributed by atoms with Crippen LogP contribution in [0.15, 0.2) is 61.2 Å². The van der Waals surface area contributed by atoms with Gasteiger partial charge in [-0.15, -0.1) is 6.58 Å². The molecule has 0 aliphatic rings. The highest BCUT2D eigenvalue weighted by Crippen LogP contribution is 2.24. The number of carbonyl (C=O) groups excluding carboxylic acids is 1. The molecule has 2 rings (SSSR count). The van der Waals surface area contributed by atoms with Gasteiger partial charge < -0.3 is 15.2 Å². The lowest BCUT2D eigenvalue weighted by molar-refractivity contribution is -0.118. The smallest absolute Gasteiger partial charge is 0.218 e. The zero-order valence-corrected chi connectivity index (χ0v) is 18.8. The third-order valence-corrected chi connectivity index (χ3v) is 7.16. The van der Waals surface area contributed by atoms with Crippen molar-refractivity contribution < 1.29 is 22.7 Å².